The fourth-order valence-corrected chi connectivity index (χ4v) is 6.27. The maximum Gasteiger partial charge on any atom is 0.308 e. The Bertz CT molecular complexity index is 1940. The summed E-state index contributed by atoms with van der Waals surface area (Å²) in [5, 5.41) is 13.9. The lowest BCUT2D eigenvalue weighted by Crippen LogP contribution is -2.39. The number of nitrogens with zero attached hydrogens (tertiary/aromatic N) is 6. The number of rotatable bonds is 5. The molecule has 2 aliphatic rings. The highest BCUT2D eigenvalue weighted by atomic mass is 19.1. The zero-order valence-corrected chi connectivity index (χ0v) is 23.8. The number of hydrogen-bond acceptors (Lipinski definition) is 6. The van der Waals surface area contributed by atoms with Crippen LogP contribution >= 0.6 is 0 Å². The van der Waals surface area contributed by atoms with E-state index >= 15 is 4.39 Å². The summed E-state index contributed by atoms with van der Waals surface area (Å²) in [7, 11) is 0. The first kappa shape index (κ1) is 27.6. The van der Waals surface area contributed by atoms with Crippen LogP contribution < -0.4 is 4.90 Å². The van der Waals surface area contributed by atoms with Crippen molar-refractivity contribution in [3.63, 3.8) is 0 Å². The molecule has 7 rings (SSSR count). The summed E-state index contributed by atoms with van der Waals surface area (Å²) in [6.07, 6.45) is 3.78. The number of aromatic nitrogens is 4. The van der Waals surface area contributed by atoms with Gasteiger partial charge in [0.15, 0.2) is 5.65 Å². The average molecular weight is 595 g/mol. The van der Waals surface area contributed by atoms with Crippen molar-refractivity contribution in [1.29, 1.82) is 0 Å². The SMILES string of the molecule is C[C@@H]1c2ccccc2CCN1C(=O)c1cc(-c2cncc(F)c2)n2nc(-c3ccc(N4CC[C@H](C(=O)O)C4)cc3F)cc2n1. The van der Waals surface area contributed by atoms with Gasteiger partial charge in [-0.3, -0.25) is 14.6 Å². The number of aliphatic carboxylic acids is 1. The number of carbonyl (C=O) groups is 2. The Hall–Kier alpha value is -5.19. The molecule has 0 bridgehead atoms. The minimum Gasteiger partial charge on any atom is -0.481 e. The van der Waals surface area contributed by atoms with Crippen LogP contribution in [0.4, 0.5) is 14.5 Å². The van der Waals surface area contributed by atoms with E-state index in [1.54, 1.807) is 29.2 Å². The molecule has 3 aromatic heterocycles. The predicted octanol–water partition coefficient (Wildman–Crippen LogP) is 5.41. The van der Waals surface area contributed by atoms with Gasteiger partial charge in [0, 0.05) is 48.7 Å². The monoisotopic (exact) mass is 594 g/mol. The molecule has 2 atom stereocenters. The molecule has 44 heavy (non-hydrogen) atoms. The summed E-state index contributed by atoms with van der Waals surface area (Å²) in [5.41, 5.74) is 4.60. The quantitative estimate of drug-likeness (QED) is 0.290. The fraction of sp³-hybridized carbons (Fsp3) is 0.242. The Morgan fingerprint density at radius 2 is 1.84 bits per heavy atom. The van der Waals surface area contributed by atoms with E-state index in [-0.39, 0.29) is 28.9 Å². The zero-order valence-electron chi connectivity index (χ0n) is 23.8. The second-order valence-electron chi connectivity index (χ2n) is 11.3. The summed E-state index contributed by atoms with van der Waals surface area (Å²) in [5.74, 6) is -2.71. The van der Waals surface area contributed by atoms with Crippen molar-refractivity contribution in [3.8, 4) is 22.5 Å². The minimum atomic E-state index is -0.858. The molecule has 0 saturated carbocycles. The summed E-state index contributed by atoms with van der Waals surface area (Å²) in [6.45, 7) is 3.35. The highest BCUT2D eigenvalue weighted by molar-refractivity contribution is 5.94. The van der Waals surface area contributed by atoms with Crippen LogP contribution in [0.5, 0.6) is 0 Å². The van der Waals surface area contributed by atoms with E-state index in [9.17, 15) is 19.1 Å². The lowest BCUT2D eigenvalue weighted by atomic mass is 9.93. The maximum absolute atomic E-state index is 15.5. The molecule has 0 aliphatic carbocycles. The van der Waals surface area contributed by atoms with Crippen LogP contribution in [-0.2, 0) is 11.2 Å². The normalized spacial score (nSPS) is 18.1. The number of fused-ring (bicyclic) bond motifs is 2. The molecule has 1 saturated heterocycles. The Morgan fingerprint density at radius 3 is 2.61 bits per heavy atom. The molecule has 11 heteroatoms. The first-order valence-electron chi connectivity index (χ1n) is 14.4. The van der Waals surface area contributed by atoms with Gasteiger partial charge < -0.3 is 14.9 Å². The van der Waals surface area contributed by atoms with Gasteiger partial charge in [0.1, 0.15) is 17.3 Å². The standard InChI is InChI=1S/C33H28F2N6O3/c1-19-25-5-3-2-4-20(25)9-11-40(19)32(42)29-14-30(22-12-23(34)17-36-16-22)41-31(37-29)15-28(38-41)26-7-6-24(13-27(26)35)39-10-8-21(18-39)33(43)44/h2-7,12-17,19,21H,8-11,18H2,1H3,(H,43,44)/t19-,21+/m1/s1. The molecule has 1 amide bonds. The average Bonchev–Trinajstić information content (AvgIpc) is 3.69. The van der Waals surface area contributed by atoms with Gasteiger partial charge in [-0.05, 0) is 61.2 Å². The topological polar surface area (TPSA) is 104 Å². The molecule has 2 aliphatic heterocycles. The van der Waals surface area contributed by atoms with Crippen LogP contribution in [0.3, 0.4) is 0 Å². The van der Waals surface area contributed by atoms with Gasteiger partial charge in [-0.15, -0.1) is 0 Å². The van der Waals surface area contributed by atoms with Crippen molar-refractivity contribution in [2.75, 3.05) is 24.5 Å². The Balaban J connectivity index is 1.28. The number of benzene rings is 2. The van der Waals surface area contributed by atoms with Crippen LogP contribution in [0, 0.1) is 17.6 Å². The number of hydrogen-bond donors (Lipinski definition) is 1. The molecule has 0 radical (unpaired) electrons. The van der Waals surface area contributed by atoms with Gasteiger partial charge in [-0.2, -0.15) is 5.10 Å². The van der Waals surface area contributed by atoms with Crippen LogP contribution in [0.2, 0.25) is 0 Å². The largest absolute Gasteiger partial charge is 0.481 e. The van der Waals surface area contributed by atoms with Crippen LogP contribution in [0.1, 0.15) is 41.0 Å². The Morgan fingerprint density at radius 1 is 1.00 bits per heavy atom. The van der Waals surface area contributed by atoms with Gasteiger partial charge in [0.05, 0.1) is 29.5 Å². The van der Waals surface area contributed by atoms with Crippen molar-refractivity contribution in [2.24, 2.45) is 5.92 Å². The third-order valence-electron chi connectivity index (χ3n) is 8.63. The van der Waals surface area contributed by atoms with E-state index < -0.39 is 23.5 Å². The number of amides is 1. The number of carbonyl (C=O) groups excluding carboxylic acids is 1. The number of carboxylic acids is 1. The van der Waals surface area contributed by atoms with E-state index in [1.165, 1.54) is 28.4 Å². The van der Waals surface area contributed by atoms with Gasteiger partial charge in [-0.25, -0.2) is 18.3 Å². The predicted molar refractivity (Wildman–Crippen MR) is 159 cm³/mol. The number of halogens is 2. The van der Waals surface area contributed by atoms with Crippen molar-refractivity contribution in [1.82, 2.24) is 24.5 Å². The van der Waals surface area contributed by atoms with Crippen LogP contribution in [0.25, 0.3) is 28.2 Å². The van der Waals surface area contributed by atoms with Gasteiger partial charge >= 0.3 is 5.97 Å². The number of anilines is 1. The van der Waals surface area contributed by atoms with Crippen molar-refractivity contribution >= 4 is 23.2 Å². The summed E-state index contributed by atoms with van der Waals surface area (Å²) in [6, 6.07) is 17.1. The number of carboxylic acid groups (broad SMARTS) is 1. The molecule has 1 fully saturated rings. The molecular formula is C33H28F2N6O3. The summed E-state index contributed by atoms with van der Waals surface area (Å²) < 4.78 is 31.3. The molecule has 222 valence electrons. The van der Waals surface area contributed by atoms with Gasteiger partial charge in [0.2, 0.25) is 0 Å². The fourth-order valence-electron chi connectivity index (χ4n) is 6.27. The first-order valence-corrected chi connectivity index (χ1v) is 14.4. The highest BCUT2D eigenvalue weighted by Gasteiger charge is 2.31. The van der Waals surface area contributed by atoms with Crippen LogP contribution in [-0.4, -0.2) is 61.1 Å². The van der Waals surface area contributed by atoms with E-state index in [0.717, 1.165) is 18.2 Å². The molecular weight excluding hydrogens is 566 g/mol. The second-order valence-corrected chi connectivity index (χ2v) is 11.3. The molecule has 2 aromatic carbocycles. The highest BCUT2D eigenvalue weighted by Crippen LogP contribution is 2.33. The third-order valence-corrected chi connectivity index (χ3v) is 8.63. The van der Waals surface area contributed by atoms with E-state index in [1.807, 2.05) is 30.0 Å². The van der Waals surface area contributed by atoms with Gasteiger partial charge in [-0.1, -0.05) is 24.3 Å². The van der Waals surface area contributed by atoms with Gasteiger partial charge in [0.25, 0.3) is 5.91 Å². The molecule has 0 spiro atoms. The Labute approximate surface area is 251 Å². The summed E-state index contributed by atoms with van der Waals surface area (Å²) >= 11 is 0. The van der Waals surface area contributed by atoms with Crippen molar-refractivity contribution < 1.29 is 23.5 Å². The minimum absolute atomic E-state index is 0.160. The van der Waals surface area contributed by atoms with Crippen LogP contribution in [0.15, 0.2) is 73.1 Å². The molecule has 0 unspecified atom stereocenters. The lowest BCUT2D eigenvalue weighted by Gasteiger charge is -2.35. The molecule has 1 N–H and O–H groups in total. The van der Waals surface area contributed by atoms with E-state index in [4.69, 9.17) is 0 Å². The smallest absolute Gasteiger partial charge is 0.308 e. The van der Waals surface area contributed by atoms with E-state index in [0.29, 0.717) is 48.6 Å². The van der Waals surface area contributed by atoms with Crippen molar-refractivity contribution in [2.45, 2.75) is 25.8 Å². The molecule has 9 nitrogen and oxygen atoms in total. The second kappa shape index (κ2) is 10.8. The first-order chi connectivity index (χ1) is 21.3. The molecule has 5 aromatic rings. The molecule has 5 heterocycles. The van der Waals surface area contributed by atoms with Crippen molar-refractivity contribution in [3.05, 3.63) is 102 Å². The zero-order chi connectivity index (χ0) is 30.5. The number of pyridine rings is 1. The lowest BCUT2D eigenvalue weighted by molar-refractivity contribution is -0.140. The Kier molecular flexibility index (Phi) is 6.80. The van der Waals surface area contributed by atoms with E-state index in [2.05, 4.69) is 21.1 Å². The maximum atomic E-state index is 15.5. The third kappa shape index (κ3) is 4.83. The summed E-state index contributed by atoms with van der Waals surface area (Å²) in [4.78, 5) is 37.5.